The monoisotopic (exact) mass is 249 g/mol. The number of nitrogens with zero attached hydrogens (tertiary/aromatic N) is 1. The number of hydrogen-bond donors (Lipinski definition) is 2. The minimum atomic E-state index is -0.137. The van der Waals surface area contributed by atoms with Crippen molar-refractivity contribution in [2.45, 2.75) is 33.2 Å². The zero-order chi connectivity index (χ0) is 13.7. The average molecular weight is 249 g/mol. The van der Waals surface area contributed by atoms with Crippen molar-refractivity contribution in [1.82, 2.24) is 4.90 Å². The third-order valence-corrected chi connectivity index (χ3v) is 3.13. The van der Waals surface area contributed by atoms with Crippen molar-refractivity contribution < 1.29 is 4.79 Å². The molecule has 1 atom stereocenters. The van der Waals surface area contributed by atoms with Crippen molar-refractivity contribution in [3.05, 3.63) is 23.8 Å². The molecular weight excluding hydrogens is 226 g/mol. The molecule has 0 radical (unpaired) electrons. The van der Waals surface area contributed by atoms with Gasteiger partial charge in [0.05, 0.1) is 6.04 Å². The lowest BCUT2D eigenvalue weighted by atomic mass is 10.1. The van der Waals surface area contributed by atoms with Crippen molar-refractivity contribution in [3.8, 4) is 0 Å². The van der Waals surface area contributed by atoms with Crippen molar-refractivity contribution in [3.63, 3.8) is 0 Å². The van der Waals surface area contributed by atoms with Crippen LogP contribution in [-0.4, -0.2) is 30.4 Å². The average Bonchev–Trinajstić information content (AvgIpc) is 2.32. The molecule has 4 heteroatoms. The molecule has 0 fully saturated rings. The number of rotatable bonds is 5. The lowest BCUT2D eigenvalue weighted by Gasteiger charge is -2.23. The predicted octanol–water partition coefficient (Wildman–Crippen LogP) is 2.25. The second kappa shape index (κ2) is 6.40. The van der Waals surface area contributed by atoms with Gasteiger partial charge in [-0.2, -0.15) is 0 Å². The number of carbonyl (C=O) groups is 1. The lowest BCUT2D eigenvalue weighted by Crippen LogP contribution is -2.40. The standard InChI is InChI=1S/C14H23N3O/c1-5-8-17(4)11(3)14(18)16-13-7-6-12(15)9-10(13)2/h6-7,9,11H,5,8,15H2,1-4H3,(H,16,18). The predicted molar refractivity (Wildman–Crippen MR) is 76.6 cm³/mol. The normalized spacial score (nSPS) is 12.5. The molecule has 1 unspecified atom stereocenters. The van der Waals surface area contributed by atoms with Crippen molar-refractivity contribution in [2.24, 2.45) is 0 Å². The summed E-state index contributed by atoms with van der Waals surface area (Å²) in [6, 6.07) is 5.36. The van der Waals surface area contributed by atoms with E-state index in [9.17, 15) is 4.79 Å². The molecule has 1 amide bonds. The Hall–Kier alpha value is -1.55. The largest absolute Gasteiger partial charge is 0.399 e. The zero-order valence-corrected chi connectivity index (χ0v) is 11.7. The van der Waals surface area contributed by atoms with Gasteiger partial charge in [0.25, 0.3) is 0 Å². The molecule has 0 saturated heterocycles. The van der Waals surface area contributed by atoms with E-state index in [0.29, 0.717) is 5.69 Å². The van der Waals surface area contributed by atoms with Gasteiger partial charge in [0.15, 0.2) is 0 Å². The molecule has 0 spiro atoms. The number of hydrogen-bond acceptors (Lipinski definition) is 3. The van der Waals surface area contributed by atoms with E-state index in [1.807, 2.05) is 37.9 Å². The van der Waals surface area contributed by atoms with Crippen LogP contribution < -0.4 is 11.1 Å². The first-order valence-electron chi connectivity index (χ1n) is 6.33. The maximum absolute atomic E-state index is 12.1. The van der Waals surface area contributed by atoms with Crippen molar-refractivity contribution in [1.29, 1.82) is 0 Å². The summed E-state index contributed by atoms with van der Waals surface area (Å²) in [7, 11) is 1.96. The molecule has 0 bridgehead atoms. The van der Waals surface area contributed by atoms with Crippen molar-refractivity contribution in [2.75, 3.05) is 24.6 Å². The third kappa shape index (κ3) is 3.74. The van der Waals surface area contributed by atoms with Gasteiger partial charge < -0.3 is 11.1 Å². The van der Waals surface area contributed by atoms with Crippen LogP contribution in [-0.2, 0) is 4.79 Å². The quantitative estimate of drug-likeness (QED) is 0.787. The van der Waals surface area contributed by atoms with Gasteiger partial charge in [-0.3, -0.25) is 9.69 Å². The van der Waals surface area contributed by atoms with Gasteiger partial charge in [0.1, 0.15) is 0 Å². The molecular formula is C14H23N3O. The molecule has 0 aromatic heterocycles. The fourth-order valence-corrected chi connectivity index (χ4v) is 1.81. The first kappa shape index (κ1) is 14.5. The molecule has 0 heterocycles. The number of likely N-dealkylation sites (N-methyl/N-ethyl adjacent to an activating group) is 1. The van der Waals surface area contributed by atoms with Crippen LogP contribution >= 0.6 is 0 Å². The summed E-state index contributed by atoms with van der Waals surface area (Å²) in [4.78, 5) is 14.1. The fourth-order valence-electron chi connectivity index (χ4n) is 1.81. The highest BCUT2D eigenvalue weighted by Gasteiger charge is 2.17. The van der Waals surface area contributed by atoms with Crippen LogP contribution in [0.3, 0.4) is 0 Å². The Labute approximate surface area is 109 Å². The van der Waals surface area contributed by atoms with Crippen LogP contribution in [0, 0.1) is 6.92 Å². The van der Waals surface area contributed by atoms with Crippen LogP contribution in [0.15, 0.2) is 18.2 Å². The van der Waals surface area contributed by atoms with E-state index >= 15 is 0 Å². The first-order valence-corrected chi connectivity index (χ1v) is 6.33. The summed E-state index contributed by atoms with van der Waals surface area (Å²) in [5, 5.41) is 2.94. The van der Waals surface area contributed by atoms with Gasteiger partial charge in [-0.1, -0.05) is 6.92 Å². The summed E-state index contributed by atoms with van der Waals surface area (Å²) in [5.74, 6) is 0.0128. The van der Waals surface area contributed by atoms with Gasteiger partial charge in [-0.05, 0) is 57.6 Å². The summed E-state index contributed by atoms with van der Waals surface area (Å²) in [5.41, 5.74) is 8.20. The number of nitrogens with one attached hydrogen (secondary N) is 1. The SMILES string of the molecule is CCCN(C)C(C)C(=O)Nc1ccc(N)cc1C. The lowest BCUT2D eigenvalue weighted by molar-refractivity contribution is -0.120. The Morgan fingerprint density at radius 1 is 1.50 bits per heavy atom. The Morgan fingerprint density at radius 3 is 2.72 bits per heavy atom. The van der Waals surface area contributed by atoms with Gasteiger partial charge in [0, 0.05) is 11.4 Å². The number of amides is 1. The molecule has 3 N–H and O–H groups in total. The molecule has 4 nitrogen and oxygen atoms in total. The highest BCUT2D eigenvalue weighted by atomic mass is 16.2. The van der Waals surface area contributed by atoms with Crippen LogP contribution in [0.25, 0.3) is 0 Å². The molecule has 0 aliphatic heterocycles. The molecule has 1 rings (SSSR count). The van der Waals surface area contributed by atoms with Gasteiger partial charge in [-0.15, -0.1) is 0 Å². The number of nitrogen functional groups attached to an aromatic ring is 1. The van der Waals surface area contributed by atoms with Crippen LogP contribution in [0.2, 0.25) is 0 Å². The van der Waals surface area contributed by atoms with Gasteiger partial charge in [-0.25, -0.2) is 0 Å². The summed E-state index contributed by atoms with van der Waals surface area (Å²) < 4.78 is 0. The molecule has 1 aromatic carbocycles. The second-order valence-electron chi connectivity index (χ2n) is 4.72. The number of anilines is 2. The fraction of sp³-hybridized carbons (Fsp3) is 0.500. The van der Waals surface area contributed by atoms with E-state index in [2.05, 4.69) is 12.2 Å². The molecule has 0 aliphatic carbocycles. The number of benzene rings is 1. The maximum atomic E-state index is 12.1. The Balaban J connectivity index is 2.69. The zero-order valence-electron chi connectivity index (χ0n) is 11.7. The van der Waals surface area contributed by atoms with E-state index in [1.165, 1.54) is 0 Å². The van der Waals surface area contributed by atoms with E-state index in [0.717, 1.165) is 24.2 Å². The number of carbonyl (C=O) groups excluding carboxylic acids is 1. The Morgan fingerprint density at radius 2 is 2.17 bits per heavy atom. The molecule has 0 aliphatic rings. The van der Waals surface area contributed by atoms with Crippen LogP contribution in [0.1, 0.15) is 25.8 Å². The molecule has 1 aromatic rings. The highest BCUT2D eigenvalue weighted by Crippen LogP contribution is 2.18. The van der Waals surface area contributed by atoms with Crippen molar-refractivity contribution >= 4 is 17.3 Å². The van der Waals surface area contributed by atoms with Gasteiger partial charge >= 0.3 is 0 Å². The second-order valence-corrected chi connectivity index (χ2v) is 4.72. The minimum Gasteiger partial charge on any atom is -0.399 e. The van der Waals surface area contributed by atoms with E-state index in [4.69, 9.17) is 5.73 Å². The van der Waals surface area contributed by atoms with E-state index < -0.39 is 0 Å². The molecule has 100 valence electrons. The third-order valence-electron chi connectivity index (χ3n) is 3.13. The summed E-state index contributed by atoms with van der Waals surface area (Å²) >= 11 is 0. The van der Waals surface area contributed by atoms with Crippen LogP contribution in [0.4, 0.5) is 11.4 Å². The number of nitrogens with two attached hydrogens (primary N) is 1. The molecule has 18 heavy (non-hydrogen) atoms. The summed E-state index contributed by atoms with van der Waals surface area (Å²) in [6.45, 7) is 6.87. The Bertz CT molecular complexity index is 418. The van der Waals surface area contributed by atoms with E-state index in [-0.39, 0.29) is 11.9 Å². The van der Waals surface area contributed by atoms with Gasteiger partial charge in [0.2, 0.25) is 5.91 Å². The first-order chi connectivity index (χ1) is 8.45. The number of aryl methyl sites for hydroxylation is 1. The summed E-state index contributed by atoms with van der Waals surface area (Å²) in [6.07, 6.45) is 1.04. The van der Waals surface area contributed by atoms with Crippen LogP contribution in [0.5, 0.6) is 0 Å². The molecule has 0 saturated carbocycles. The van der Waals surface area contributed by atoms with E-state index in [1.54, 1.807) is 6.07 Å². The topological polar surface area (TPSA) is 58.4 Å². The minimum absolute atomic E-state index is 0.0128. The smallest absolute Gasteiger partial charge is 0.241 e. The maximum Gasteiger partial charge on any atom is 0.241 e. The Kier molecular flexibility index (Phi) is 5.16. The highest BCUT2D eigenvalue weighted by molar-refractivity contribution is 5.95.